The molecule has 0 aliphatic rings. The molecule has 0 heterocycles. The van der Waals surface area contributed by atoms with Gasteiger partial charge in [-0.05, 0) is 19.3 Å². The minimum absolute atomic E-state index is 0. The average Bonchev–Trinajstić information content (AvgIpc) is 2.96. The van der Waals surface area contributed by atoms with Crippen LogP contribution in [0.5, 0.6) is 0 Å². The number of esters is 2. The first kappa shape index (κ1) is 51.4. The quantitative estimate of drug-likeness (QED) is 0.0440. The number of unbranched alkanes of at least 4 members (excludes halogenated alkanes) is 20. The van der Waals surface area contributed by atoms with Crippen molar-refractivity contribution in [1.82, 2.24) is 0 Å². The van der Waals surface area contributed by atoms with E-state index in [1.165, 1.54) is 95.2 Å². The first-order valence-electron chi connectivity index (χ1n) is 17.3. The first-order valence-corrected chi connectivity index (χ1v) is 19.7. The second kappa shape index (κ2) is 37.3. The fraction of sp³-hybridized carbons (Fsp3) is 0.909. The van der Waals surface area contributed by atoms with Gasteiger partial charge >= 0.3 is 71.1 Å². The molecule has 0 spiro atoms. The Labute approximate surface area is 328 Å². The third-order valence-corrected chi connectivity index (χ3v) is 8.83. The molecule has 0 aliphatic carbocycles. The van der Waals surface area contributed by atoms with Gasteiger partial charge in [0, 0.05) is 25.5 Å². The molecule has 0 fully saturated rings. The first-order chi connectivity index (χ1) is 21.1. The van der Waals surface area contributed by atoms with Crippen LogP contribution in [0, 0.1) is 0 Å². The predicted octanol–water partition coefficient (Wildman–Crippen LogP) is 1.96. The van der Waals surface area contributed by atoms with Gasteiger partial charge in [0.1, 0.15) is 6.61 Å². The zero-order valence-electron chi connectivity index (χ0n) is 29.7. The molecule has 0 amide bonds. The summed E-state index contributed by atoms with van der Waals surface area (Å²) >= 11 is 1.42. The van der Waals surface area contributed by atoms with Crippen molar-refractivity contribution in [1.29, 1.82) is 0 Å². The van der Waals surface area contributed by atoms with Crippen LogP contribution in [0.15, 0.2) is 0 Å². The third kappa shape index (κ3) is 41.2. The number of phosphoric ester groups is 1. The van der Waals surface area contributed by atoms with Crippen LogP contribution in [0.2, 0.25) is 0 Å². The van der Waals surface area contributed by atoms with E-state index in [2.05, 4.69) is 11.4 Å². The molecule has 0 aromatic rings. The van der Waals surface area contributed by atoms with Crippen LogP contribution in [0.3, 0.4) is 0 Å². The van der Waals surface area contributed by atoms with Crippen LogP contribution in [0.1, 0.15) is 168 Å². The Morgan fingerprint density at radius 2 is 1.00 bits per heavy atom. The van der Waals surface area contributed by atoms with Gasteiger partial charge in [0.25, 0.3) is 0 Å². The van der Waals surface area contributed by atoms with Crippen LogP contribution in [-0.4, -0.2) is 42.1 Å². The SMILES string of the molecule is CCCCCCCCCCCCC(=O)O[C@@H](COC(=O)CCCCCCCCCCCCCCSC(C)=O)COP(=O)([O-])[O-].[Na+].[Na+]. The number of ether oxygens (including phenoxy) is 2. The third-order valence-electron chi connectivity index (χ3n) is 7.46. The molecular formula is C33H61Na2O9PS. The Hall–Kier alpha value is 1.07. The van der Waals surface area contributed by atoms with Crippen molar-refractivity contribution >= 4 is 36.6 Å². The number of phosphoric acid groups is 1. The van der Waals surface area contributed by atoms with Gasteiger partial charge < -0.3 is 28.3 Å². The number of hydrogen-bond acceptors (Lipinski definition) is 10. The van der Waals surface area contributed by atoms with Gasteiger partial charge in [0.05, 0.1) is 14.4 Å². The molecule has 0 unspecified atom stereocenters. The van der Waals surface area contributed by atoms with Crippen molar-refractivity contribution in [3.05, 3.63) is 0 Å². The monoisotopic (exact) mass is 710 g/mol. The van der Waals surface area contributed by atoms with Crippen LogP contribution in [0.4, 0.5) is 0 Å². The predicted molar refractivity (Wildman–Crippen MR) is 174 cm³/mol. The molecule has 260 valence electrons. The van der Waals surface area contributed by atoms with Crippen LogP contribution < -0.4 is 68.9 Å². The Kier molecular flexibility index (Phi) is 41.7. The number of carbonyl (C=O) groups is 3. The molecule has 0 aromatic heterocycles. The van der Waals surface area contributed by atoms with Gasteiger partial charge in [-0.3, -0.25) is 14.4 Å². The summed E-state index contributed by atoms with van der Waals surface area (Å²) in [7, 11) is -5.25. The maximum atomic E-state index is 12.2. The molecule has 0 aromatic carbocycles. The van der Waals surface area contributed by atoms with E-state index in [1.54, 1.807) is 6.92 Å². The van der Waals surface area contributed by atoms with E-state index in [4.69, 9.17) is 9.47 Å². The second-order valence-corrected chi connectivity index (χ2v) is 14.2. The summed E-state index contributed by atoms with van der Waals surface area (Å²) in [6.45, 7) is 2.81. The van der Waals surface area contributed by atoms with E-state index in [0.717, 1.165) is 50.7 Å². The van der Waals surface area contributed by atoms with E-state index in [9.17, 15) is 28.7 Å². The number of hydrogen-bond donors (Lipinski definition) is 0. The maximum Gasteiger partial charge on any atom is 1.00 e. The summed E-state index contributed by atoms with van der Waals surface area (Å²) in [5.41, 5.74) is 0. The molecule has 0 radical (unpaired) electrons. The molecule has 0 rings (SSSR count). The molecule has 9 nitrogen and oxygen atoms in total. The summed E-state index contributed by atoms with van der Waals surface area (Å²) in [6.07, 6.45) is 24.1. The van der Waals surface area contributed by atoms with Crippen LogP contribution >= 0.6 is 19.6 Å². The molecule has 0 aliphatic heterocycles. The molecule has 1 atom stereocenters. The molecule has 0 bridgehead atoms. The largest absolute Gasteiger partial charge is 1.00 e. The summed E-state index contributed by atoms with van der Waals surface area (Å²) in [5.74, 6) is -0.0404. The van der Waals surface area contributed by atoms with E-state index in [-0.39, 0.29) is 83.7 Å². The van der Waals surface area contributed by atoms with Crippen molar-refractivity contribution in [2.45, 2.75) is 174 Å². The van der Waals surface area contributed by atoms with E-state index in [0.29, 0.717) is 12.8 Å². The fourth-order valence-electron chi connectivity index (χ4n) is 4.91. The summed E-state index contributed by atoms with van der Waals surface area (Å²) in [4.78, 5) is 57.1. The van der Waals surface area contributed by atoms with E-state index >= 15 is 0 Å². The fourth-order valence-corrected chi connectivity index (χ4v) is 5.89. The van der Waals surface area contributed by atoms with Gasteiger partial charge in [0.15, 0.2) is 11.2 Å². The molecule has 13 heteroatoms. The smallest absolute Gasteiger partial charge is 0.790 e. The average molecular weight is 711 g/mol. The van der Waals surface area contributed by atoms with Crippen molar-refractivity contribution in [2.24, 2.45) is 0 Å². The number of rotatable bonds is 32. The van der Waals surface area contributed by atoms with Crippen LogP contribution in [0.25, 0.3) is 0 Å². The van der Waals surface area contributed by atoms with E-state index < -0.39 is 32.5 Å². The zero-order valence-corrected chi connectivity index (χ0v) is 35.4. The van der Waals surface area contributed by atoms with Gasteiger partial charge in [-0.1, -0.05) is 141 Å². The van der Waals surface area contributed by atoms with Crippen molar-refractivity contribution in [3.63, 3.8) is 0 Å². The van der Waals surface area contributed by atoms with Crippen molar-refractivity contribution in [3.8, 4) is 0 Å². The number of carbonyl (C=O) groups excluding carboxylic acids is 3. The standard InChI is InChI=1S/C33H63O9PS.2Na/c1-3-4-5-6-7-8-13-17-20-23-26-33(36)42-31(29-41-43(37,38)39)28-40-32(35)25-22-19-16-14-11-9-10-12-15-18-21-24-27-44-30(2)34;;/h31H,3-29H2,1-2H3,(H2,37,38,39);;/q;2*+1/p-2/t31-;;/m0../s1. The van der Waals surface area contributed by atoms with Gasteiger partial charge in [-0.25, -0.2) is 0 Å². The summed E-state index contributed by atoms with van der Waals surface area (Å²) in [5, 5.41) is 0.202. The molecule has 46 heavy (non-hydrogen) atoms. The van der Waals surface area contributed by atoms with Gasteiger partial charge in [-0.15, -0.1) is 0 Å². The minimum atomic E-state index is -5.25. The summed E-state index contributed by atoms with van der Waals surface area (Å²) < 4.78 is 25.6. The second-order valence-electron chi connectivity index (χ2n) is 11.8. The Balaban J connectivity index is -0.00000924. The van der Waals surface area contributed by atoms with Crippen molar-refractivity contribution in [2.75, 3.05) is 19.0 Å². The van der Waals surface area contributed by atoms with Gasteiger partial charge in [-0.2, -0.15) is 0 Å². The van der Waals surface area contributed by atoms with Crippen LogP contribution in [-0.2, 0) is 32.9 Å². The Bertz CT molecular complexity index is 771. The maximum absolute atomic E-state index is 12.2. The Morgan fingerprint density at radius 1 is 0.609 bits per heavy atom. The minimum Gasteiger partial charge on any atom is -0.790 e. The summed E-state index contributed by atoms with van der Waals surface area (Å²) in [6, 6.07) is 0. The molecule has 0 N–H and O–H groups in total. The number of thioether (sulfide) groups is 1. The molecule has 0 saturated heterocycles. The topological polar surface area (TPSA) is 142 Å². The molecular weight excluding hydrogens is 649 g/mol. The Morgan fingerprint density at radius 3 is 1.41 bits per heavy atom. The van der Waals surface area contributed by atoms with Gasteiger partial charge in [0.2, 0.25) is 0 Å². The molecule has 0 saturated carbocycles. The zero-order chi connectivity index (χ0) is 32.7. The van der Waals surface area contributed by atoms with Crippen molar-refractivity contribution < 1.29 is 102 Å². The normalized spacial score (nSPS) is 11.7. The van der Waals surface area contributed by atoms with E-state index in [1.807, 2.05) is 0 Å².